The first-order valence-electron chi connectivity index (χ1n) is 8.25. The molecule has 1 fully saturated rings. The van der Waals surface area contributed by atoms with Crippen molar-refractivity contribution in [3.05, 3.63) is 36.5 Å². The zero-order valence-corrected chi connectivity index (χ0v) is 14.6. The molecule has 1 N–H and O–H groups in total. The number of fused-ring (bicyclic) bond motifs is 1. The molecule has 1 atom stereocenters. The van der Waals surface area contributed by atoms with Crippen LogP contribution in [0.3, 0.4) is 0 Å². The lowest BCUT2D eigenvalue weighted by atomic mass is 10.2. The largest absolute Gasteiger partial charge is 0.355 e. The van der Waals surface area contributed by atoms with Gasteiger partial charge in [-0.1, -0.05) is 18.2 Å². The van der Waals surface area contributed by atoms with Crippen LogP contribution in [0.1, 0.15) is 19.3 Å². The fourth-order valence-electron chi connectivity index (χ4n) is 3.31. The molecule has 130 valence electrons. The lowest BCUT2D eigenvalue weighted by Crippen LogP contribution is -2.45. The second-order valence-corrected chi connectivity index (χ2v) is 8.18. The summed E-state index contributed by atoms with van der Waals surface area (Å²) < 4.78 is 26.9. The number of sulfonamides is 1. The van der Waals surface area contributed by atoms with Gasteiger partial charge in [-0.25, -0.2) is 8.42 Å². The number of hydrogen-bond acceptors (Lipinski definition) is 3. The average Bonchev–Trinajstić information content (AvgIpc) is 3.18. The van der Waals surface area contributed by atoms with Crippen LogP contribution in [0.25, 0.3) is 10.9 Å². The summed E-state index contributed by atoms with van der Waals surface area (Å²) >= 11 is 0. The van der Waals surface area contributed by atoms with Gasteiger partial charge >= 0.3 is 0 Å². The molecular weight excluding hydrogens is 326 g/mol. The quantitative estimate of drug-likeness (QED) is 0.805. The molecule has 7 heteroatoms. The molecule has 0 bridgehead atoms. The molecule has 1 aliphatic rings. The Labute approximate surface area is 142 Å². The number of benzene rings is 1. The van der Waals surface area contributed by atoms with E-state index in [-0.39, 0.29) is 5.91 Å². The van der Waals surface area contributed by atoms with E-state index >= 15 is 0 Å². The van der Waals surface area contributed by atoms with Crippen LogP contribution >= 0.6 is 0 Å². The Bertz CT molecular complexity index is 828. The fraction of sp³-hybridized carbons (Fsp3) is 0.471. The van der Waals surface area contributed by atoms with Crippen molar-refractivity contribution in [2.45, 2.75) is 31.8 Å². The van der Waals surface area contributed by atoms with E-state index in [1.54, 1.807) is 0 Å². The Morgan fingerprint density at radius 3 is 2.88 bits per heavy atom. The van der Waals surface area contributed by atoms with Crippen molar-refractivity contribution in [1.82, 2.24) is 14.2 Å². The zero-order chi connectivity index (χ0) is 17.2. The SMILES string of the molecule is CS(=O)(=O)N1CCC[C@H]1C(=O)NCCCn1ccc2ccccc21. The number of para-hydroxylation sites is 1. The van der Waals surface area contributed by atoms with Gasteiger partial charge in [0.25, 0.3) is 0 Å². The number of nitrogens with one attached hydrogen (secondary N) is 1. The minimum atomic E-state index is -3.32. The third-order valence-electron chi connectivity index (χ3n) is 4.49. The summed E-state index contributed by atoms with van der Waals surface area (Å²) in [6.45, 7) is 1.79. The minimum absolute atomic E-state index is 0.185. The summed E-state index contributed by atoms with van der Waals surface area (Å²) in [7, 11) is -3.32. The van der Waals surface area contributed by atoms with Crippen LogP contribution in [-0.4, -0.2) is 48.6 Å². The molecule has 2 heterocycles. The highest BCUT2D eigenvalue weighted by molar-refractivity contribution is 7.88. The van der Waals surface area contributed by atoms with Crippen molar-refractivity contribution in [2.75, 3.05) is 19.3 Å². The van der Waals surface area contributed by atoms with Crippen LogP contribution < -0.4 is 5.32 Å². The Morgan fingerprint density at radius 1 is 1.29 bits per heavy atom. The first-order valence-corrected chi connectivity index (χ1v) is 10.1. The van der Waals surface area contributed by atoms with E-state index in [0.29, 0.717) is 19.5 Å². The van der Waals surface area contributed by atoms with Gasteiger partial charge in [0.15, 0.2) is 0 Å². The minimum Gasteiger partial charge on any atom is -0.355 e. The highest BCUT2D eigenvalue weighted by Gasteiger charge is 2.36. The van der Waals surface area contributed by atoms with Crippen LogP contribution in [-0.2, 0) is 21.4 Å². The molecule has 0 aliphatic carbocycles. The number of rotatable bonds is 6. The maximum Gasteiger partial charge on any atom is 0.238 e. The predicted octanol–water partition coefficient (Wildman–Crippen LogP) is 1.57. The third-order valence-corrected chi connectivity index (χ3v) is 5.78. The monoisotopic (exact) mass is 349 g/mol. The number of nitrogens with zero attached hydrogens (tertiary/aromatic N) is 2. The van der Waals surface area contributed by atoms with Gasteiger partial charge in [0.05, 0.1) is 6.26 Å². The summed E-state index contributed by atoms with van der Waals surface area (Å²) in [4.78, 5) is 12.3. The number of hydrogen-bond donors (Lipinski definition) is 1. The van der Waals surface area contributed by atoms with Gasteiger partial charge in [0.2, 0.25) is 15.9 Å². The highest BCUT2D eigenvalue weighted by Crippen LogP contribution is 2.20. The van der Waals surface area contributed by atoms with Gasteiger partial charge < -0.3 is 9.88 Å². The van der Waals surface area contributed by atoms with Gasteiger partial charge in [-0.05, 0) is 36.8 Å². The van der Waals surface area contributed by atoms with Gasteiger partial charge in [-0.3, -0.25) is 4.79 Å². The number of aryl methyl sites for hydroxylation is 1. The molecule has 1 aromatic heterocycles. The van der Waals surface area contributed by atoms with Gasteiger partial charge in [-0.15, -0.1) is 0 Å². The van der Waals surface area contributed by atoms with E-state index in [0.717, 1.165) is 25.6 Å². The highest BCUT2D eigenvalue weighted by atomic mass is 32.2. The molecule has 0 radical (unpaired) electrons. The standard InChI is InChI=1S/C17H23N3O3S/c1-24(22,23)20-12-4-8-16(20)17(21)18-10-5-11-19-13-9-14-6-2-3-7-15(14)19/h2-3,6-7,9,13,16H,4-5,8,10-12H2,1H3,(H,18,21)/t16-/m0/s1. The van der Waals surface area contributed by atoms with Crippen molar-refractivity contribution in [3.63, 3.8) is 0 Å². The lowest BCUT2D eigenvalue weighted by Gasteiger charge is -2.21. The second kappa shape index (κ2) is 6.94. The summed E-state index contributed by atoms with van der Waals surface area (Å²) in [6, 6.07) is 9.72. The zero-order valence-electron chi connectivity index (χ0n) is 13.8. The number of carbonyl (C=O) groups excluding carboxylic acids is 1. The molecule has 1 saturated heterocycles. The Balaban J connectivity index is 1.50. The van der Waals surface area contributed by atoms with Crippen LogP contribution in [0.15, 0.2) is 36.5 Å². The van der Waals surface area contributed by atoms with E-state index < -0.39 is 16.1 Å². The van der Waals surface area contributed by atoms with Gasteiger partial charge in [0, 0.05) is 31.3 Å². The van der Waals surface area contributed by atoms with Crippen LogP contribution in [0.4, 0.5) is 0 Å². The van der Waals surface area contributed by atoms with Crippen LogP contribution in [0.5, 0.6) is 0 Å². The average molecular weight is 349 g/mol. The van der Waals surface area contributed by atoms with E-state index in [9.17, 15) is 13.2 Å². The van der Waals surface area contributed by atoms with Crippen molar-refractivity contribution in [2.24, 2.45) is 0 Å². The third kappa shape index (κ3) is 3.62. The maximum absolute atomic E-state index is 12.3. The Kier molecular flexibility index (Phi) is 4.91. The van der Waals surface area contributed by atoms with Crippen molar-refractivity contribution < 1.29 is 13.2 Å². The summed E-state index contributed by atoms with van der Waals surface area (Å²) in [5.74, 6) is -0.185. The molecule has 1 amide bonds. The van der Waals surface area contributed by atoms with Crippen molar-refractivity contribution in [3.8, 4) is 0 Å². The molecule has 24 heavy (non-hydrogen) atoms. The molecule has 0 unspecified atom stereocenters. The maximum atomic E-state index is 12.3. The first kappa shape index (κ1) is 17.0. The molecule has 3 rings (SSSR count). The molecule has 1 aromatic carbocycles. The van der Waals surface area contributed by atoms with E-state index in [1.807, 2.05) is 12.1 Å². The fourth-order valence-corrected chi connectivity index (χ4v) is 4.44. The molecule has 0 spiro atoms. The number of carbonyl (C=O) groups is 1. The van der Waals surface area contributed by atoms with Gasteiger partial charge in [0.1, 0.15) is 6.04 Å². The van der Waals surface area contributed by atoms with Gasteiger partial charge in [-0.2, -0.15) is 4.31 Å². The summed E-state index contributed by atoms with van der Waals surface area (Å²) in [5.41, 5.74) is 1.18. The topological polar surface area (TPSA) is 71.4 Å². The Morgan fingerprint density at radius 2 is 2.08 bits per heavy atom. The Hall–Kier alpha value is -1.86. The van der Waals surface area contributed by atoms with E-state index in [2.05, 4.69) is 34.3 Å². The van der Waals surface area contributed by atoms with Crippen molar-refractivity contribution in [1.29, 1.82) is 0 Å². The normalized spacial score (nSPS) is 19.0. The van der Waals surface area contributed by atoms with Crippen LogP contribution in [0.2, 0.25) is 0 Å². The second-order valence-electron chi connectivity index (χ2n) is 6.24. The summed E-state index contributed by atoms with van der Waals surface area (Å²) in [6.07, 6.45) is 5.35. The predicted molar refractivity (Wildman–Crippen MR) is 94.1 cm³/mol. The molecular formula is C17H23N3O3S. The number of amides is 1. The lowest BCUT2D eigenvalue weighted by molar-refractivity contribution is -0.124. The van der Waals surface area contributed by atoms with Crippen LogP contribution in [0, 0.1) is 0 Å². The summed E-state index contributed by atoms with van der Waals surface area (Å²) in [5, 5.41) is 4.08. The first-order chi connectivity index (χ1) is 11.5. The van der Waals surface area contributed by atoms with E-state index in [4.69, 9.17) is 0 Å². The number of aromatic nitrogens is 1. The van der Waals surface area contributed by atoms with E-state index in [1.165, 1.54) is 15.2 Å². The molecule has 6 nitrogen and oxygen atoms in total. The molecule has 0 saturated carbocycles. The smallest absolute Gasteiger partial charge is 0.238 e. The molecule has 2 aromatic rings. The van der Waals surface area contributed by atoms with Crippen molar-refractivity contribution >= 4 is 26.8 Å². The molecule has 1 aliphatic heterocycles.